The fourth-order valence-electron chi connectivity index (χ4n) is 5.00. The fraction of sp³-hybridized carbons (Fsp3) is 0.484. The number of amides is 3. The van der Waals surface area contributed by atoms with Gasteiger partial charge in [0.25, 0.3) is 5.91 Å². The van der Waals surface area contributed by atoms with Gasteiger partial charge in [0, 0.05) is 6.54 Å². The van der Waals surface area contributed by atoms with Crippen LogP contribution in [-0.4, -0.2) is 65.1 Å². The van der Waals surface area contributed by atoms with Gasteiger partial charge >= 0.3 is 5.97 Å². The Kier molecular flexibility index (Phi) is 9.14. The van der Waals surface area contributed by atoms with Crippen molar-refractivity contribution in [2.45, 2.75) is 71.7 Å². The van der Waals surface area contributed by atoms with Gasteiger partial charge in [0.15, 0.2) is 0 Å². The van der Waals surface area contributed by atoms with Crippen LogP contribution < -0.4 is 16.1 Å². The highest BCUT2D eigenvalue weighted by atomic mass is 16.5. The van der Waals surface area contributed by atoms with E-state index in [0.717, 1.165) is 21.9 Å². The van der Waals surface area contributed by atoms with E-state index in [1.54, 1.807) is 46.8 Å². The highest BCUT2D eigenvalue weighted by Gasteiger charge is 2.36. The number of carbonyl (C=O) groups is 4. The van der Waals surface area contributed by atoms with Crippen molar-refractivity contribution >= 4 is 40.5 Å². The summed E-state index contributed by atoms with van der Waals surface area (Å²) in [4.78, 5) is 52.9. The zero-order valence-electron chi connectivity index (χ0n) is 24.3. The third-order valence-corrected chi connectivity index (χ3v) is 7.84. The van der Waals surface area contributed by atoms with Gasteiger partial charge in [-0.1, -0.05) is 50.3 Å². The summed E-state index contributed by atoms with van der Waals surface area (Å²) in [5.74, 6) is -2.19. The summed E-state index contributed by atoms with van der Waals surface area (Å²) >= 11 is 0. The number of cyclic esters (lactones) is 1. The zero-order chi connectivity index (χ0) is 29.9. The van der Waals surface area contributed by atoms with Gasteiger partial charge in [-0.2, -0.15) is 0 Å². The summed E-state index contributed by atoms with van der Waals surface area (Å²) < 4.78 is 5.80. The molecule has 4 N–H and O–H groups in total. The van der Waals surface area contributed by atoms with E-state index in [9.17, 15) is 24.3 Å². The molecule has 5 atom stereocenters. The maximum absolute atomic E-state index is 13.4. The molecule has 10 heteroatoms. The molecule has 1 saturated heterocycles. The molecule has 0 saturated carbocycles. The van der Waals surface area contributed by atoms with Gasteiger partial charge in [0.05, 0.1) is 12.0 Å². The van der Waals surface area contributed by atoms with Gasteiger partial charge in [0.1, 0.15) is 24.2 Å². The number of esters is 1. The first kappa shape index (κ1) is 30.2. The largest absolute Gasteiger partial charge is 0.457 e. The van der Waals surface area contributed by atoms with Crippen molar-refractivity contribution in [1.29, 1.82) is 0 Å². The second kappa shape index (κ2) is 12.4. The van der Waals surface area contributed by atoms with Crippen molar-refractivity contribution in [1.82, 2.24) is 21.1 Å². The highest BCUT2D eigenvalue weighted by molar-refractivity contribution is 5.94. The highest BCUT2D eigenvalue weighted by Crippen LogP contribution is 2.27. The normalized spacial score (nSPS) is 28.4. The molecule has 10 nitrogen and oxygen atoms in total. The smallest absolute Gasteiger partial charge is 0.325 e. The van der Waals surface area contributed by atoms with Gasteiger partial charge in [0.2, 0.25) is 11.8 Å². The van der Waals surface area contributed by atoms with Gasteiger partial charge in [-0.05, 0) is 73.6 Å². The van der Waals surface area contributed by atoms with Crippen LogP contribution in [0.4, 0.5) is 0 Å². The molecule has 220 valence electrons. The minimum atomic E-state index is -1.31. The minimum Gasteiger partial charge on any atom is -0.457 e. The Morgan fingerprint density at radius 3 is 2.49 bits per heavy atom. The number of rotatable bonds is 2. The molecule has 0 aliphatic carbocycles. The standard InChI is InChI=1S/C31H40N4O6/c1-18(2)26-27(37)32-19(3)28(38)35-14-6-7-25(34-35)29(39)41-20(4)23-11-10-22-9-8-21(15-24(22)16-23)12-13-31(5,17-36)30(40)33-26/h8-13,15-16,18-20,25-26,34,36H,6-7,14,17H2,1-5H3,(H,32,37)(H,33,40). The van der Waals surface area contributed by atoms with Crippen molar-refractivity contribution in [2.24, 2.45) is 11.3 Å². The average Bonchev–Trinajstić information content (AvgIpc) is 2.96. The molecule has 2 aliphatic rings. The Morgan fingerprint density at radius 2 is 1.78 bits per heavy atom. The monoisotopic (exact) mass is 564 g/mol. The van der Waals surface area contributed by atoms with Gasteiger partial charge in [-0.15, -0.1) is 0 Å². The molecule has 5 unspecified atom stereocenters. The van der Waals surface area contributed by atoms with Crippen molar-refractivity contribution in [2.75, 3.05) is 13.2 Å². The van der Waals surface area contributed by atoms with E-state index in [1.807, 2.05) is 36.4 Å². The Bertz CT molecular complexity index is 1360. The number of aliphatic hydroxyl groups is 1. The first-order chi connectivity index (χ1) is 19.4. The van der Waals surface area contributed by atoms with E-state index in [4.69, 9.17) is 4.74 Å². The van der Waals surface area contributed by atoms with Crippen molar-refractivity contribution < 1.29 is 29.0 Å². The Hall–Kier alpha value is -3.76. The maximum Gasteiger partial charge on any atom is 0.325 e. The van der Waals surface area contributed by atoms with E-state index in [1.165, 1.54) is 5.01 Å². The van der Waals surface area contributed by atoms with Gasteiger partial charge < -0.3 is 20.5 Å². The van der Waals surface area contributed by atoms with Crippen LogP contribution in [0.2, 0.25) is 0 Å². The van der Waals surface area contributed by atoms with Crippen LogP contribution in [-0.2, 0) is 23.9 Å². The topological polar surface area (TPSA) is 137 Å². The molecule has 3 amide bonds. The van der Waals surface area contributed by atoms with E-state index in [0.29, 0.717) is 19.4 Å². The number of ether oxygens (including phenoxy) is 1. The summed E-state index contributed by atoms with van der Waals surface area (Å²) in [6.45, 7) is 8.44. The summed E-state index contributed by atoms with van der Waals surface area (Å²) in [6.07, 6.45) is 3.96. The van der Waals surface area contributed by atoms with Crippen molar-refractivity contribution in [3.8, 4) is 0 Å². The van der Waals surface area contributed by atoms with E-state index in [2.05, 4.69) is 16.1 Å². The van der Waals surface area contributed by atoms with Crippen LogP contribution in [0.15, 0.2) is 42.5 Å². The maximum atomic E-state index is 13.4. The molecular weight excluding hydrogens is 524 g/mol. The fourth-order valence-corrected chi connectivity index (χ4v) is 5.00. The molecule has 5 bridgehead atoms. The quantitative estimate of drug-likeness (QED) is 0.412. The van der Waals surface area contributed by atoms with Crippen LogP contribution >= 0.6 is 0 Å². The van der Waals surface area contributed by atoms with Gasteiger partial charge in [-0.3, -0.25) is 24.2 Å². The number of nitrogens with one attached hydrogen (secondary N) is 3. The van der Waals surface area contributed by atoms with Gasteiger partial charge in [-0.25, -0.2) is 5.43 Å². The van der Waals surface area contributed by atoms with Crippen LogP contribution in [0.5, 0.6) is 0 Å². The summed E-state index contributed by atoms with van der Waals surface area (Å²) in [7, 11) is 0. The number of aliphatic hydroxyl groups excluding tert-OH is 1. The molecule has 2 heterocycles. The molecule has 41 heavy (non-hydrogen) atoms. The lowest BCUT2D eigenvalue weighted by atomic mass is 9.88. The number of hydrogen-bond acceptors (Lipinski definition) is 7. The molecule has 1 fully saturated rings. The lowest BCUT2D eigenvalue weighted by Gasteiger charge is -2.35. The van der Waals surface area contributed by atoms with Crippen LogP contribution in [0.25, 0.3) is 16.8 Å². The molecule has 0 spiro atoms. The van der Waals surface area contributed by atoms with E-state index >= 15 is 0 Å². The minimum absolute atomic E-state index is 0.293. The van der Waals surface area contributed by atoms with Crippen molar-refractivity contribution in [3.05, 3.63) is 53.6 Å². The Labute approximate surface area is 240 Å². The SMILES string of the molecule is CC1NC(=O)C(C(C)C)NC(=O)C(C)(CO)C=Cc2ccc3ccc(cc3c2)C(C)OC(=O)C2CCCN(N2)C1=O. The Morgan fingerprint density at radius 1 is 1.05 bits per heavy atom. The predicted octanol–water partition coefficient (Wildman–Crippen LogP) is 2.61. The number of hydrazine groups is 1. The third kappa shape index (κ3) is 6.77. The predicted molar refractivity (Wildman–Crippen MR) is 155 cm³/mol. The summed E-state index contributed by atoms with van der Waals surface area (Å²) in [5, 5.41) is 18.9. The molecule has 4 rings (SSSR count). The number of hydrogen-bond donors (Lipinski definition) is 4. The lowest BCUT2D eigenvalue weighted by Crippen LogP contribution is -2.61. The number of carbonyl (C=O) groups excluding carboxylic acids is 4. The number of nitrogens with zero attached hydrogens (tertiary/aromatic N) is 1. The van der Waals surface area contributed by atoms with E-state index in [-0.39, 0.29) is 5.92 Å². The third-order valence-electron chi connectivity index (χ3n) is 7.84. The number of benzene rings is 2. The number of fused-ring (bicyclic) bond motifs is 4. The Balaban J connectivity index is 1.72. The second-order valence-corrected chi connectivity index (χ2v) is 11.6. The molecule has 0 radical (unpaired) electrons. The van der Waals surface area contributed by atoms with Crippen LogP contribution in [0.1, 0.15) is 64.7 Å². The first-order valence-electron chi connectivity index (χ1n) is 14.1. The molecule has 2 aliphatic heterocycles. The average molecular weight is 565 g/mol. The van der Waals surface area contributed by atoms with Crippen molar-refractivity contribution in [3.63, 3.8) is 0 Å². The molecular formula is C31H40N4O6. The summed E-state index contributed by atoms with van der Waals surface area (Å²) in [6, 6.07) is 9.10. The molecule has 2 aromatic carbocycles. The van der Waals surface area contributed by atoms with E-state index < -0.39 is 59.9 Å². The van der Waals surface area contributed by atoms with Crippen LogP contribution in [0.3, 0.4) is 0 Å². The zero-order valence-corrected chi connectivity index (χ0v) is 24.3. The summed E-state index contributed by atoms with van der Waals surface area (Å²) in [5.41, 5.74) is 3.30. The second-order valence-electron chi connectivity index (χ2n) is 11.6. The molecule has 2 aromatic rings. The first-order valence-corrected chi connectivity index (χ1v) is 14.1. The van der Waals surface area contributed by atoms with Crippen LogP contribution in [0, 0.1) is 11.3 Å². The lowest BCUT2D eigenvalue weighted by molar-refractivity contribution is -0.157. The molecule has 0 aromatic heterocycles.